The van der Waals surface area contributed by atoms with Crippen molar-refractivity contribution in [3.8, 4) is 0 Å². The summed E-state index contributed by atoms with van der Waals surface area (Å²) < 4.78 is 0. The van der Waals surface area contributed by atoms with E-state index in [1.807, 2.05) is 0 Å². The molecule has 102 valence electrons. The minimum absolute atomic E-state index is 0.389. The van der Waals surface area contributed by atoms with Crippen molar-refractivity contribution in [2.75, 3.05) is 26.2 Å². The van der Waals surface area contributed by atoms with Gasteiger partial charge in [0.1, 0.15) is 0 Å². The van der Waals surface area contributed by atoms with Crippen molar-refractivity contribution in [1.29, 1.82) is 0 Å². The standard InChI is InChI=1S/C15H32N2/c1-6-14-8-7-9-17(10-14)12-15(4,5)11-16-13(2)3/h13-14,16H,6-12H2,1-5H3. The summed E-state index contributed by atoms with van der Waals surface area (Å²) in [5.74, 6) is 0.942. The fourth-order valence-electron chi connectivity index (χ4n) is 2.77. The molecule has 1 N–H and O–H groups in total. The average Bonchev–Trinajstić information content (AvgIpc) is 2.26. The van der Waals surface area contributed by atoms with Crippen LogP contribution in [0, 0.1) is 11.3 Å². The van der Waals surface area contributed by atoms with Gasteiger partial charge in [0.15, 0.2) is 0 Å². The molecule has 0 radical (unpaired) electrons. The Morgan fingerprint density at radius 2 is 2.06 bits per heavy atom. The number of likely N-dealkylation sites (tertiary alicyclic amines) is 1. The van der Waals surface area contributed by atoms with Crippen LogP contribution < -0.4 is 5.32 Å². The highest BCUT2D eigenvalue weighted by molar-refractivity contribution is 4.80. The maximum absolute atomic E-state index is 3.57. The zero-order valence-electron chi connectivity index (χ0n) is 12.6. The average molecular weight is 240 g/mol. The number of hydrogen-bond acceptors (Lipinski definition) is 2. The van der Waals surface area contributed by atoms with Crippen LogP contribution in [0.5, 0.6) is 0 Å². The third-order valence-electron chi connectivity index (χ3n) is 3.82. The Labute approximate surface area is 108 Å². The number of nitrogens with zero attached hydrogens (tertiary/aromatic N) is 1. The van der Waals surface area contributed by atoms with Crippen LogP contribution in [-0.2, 0) is 0 Å². The fourth-order valence-corrected chi connectivity index (χ4v) is 2.77. The van der Waals surface area contributed by atoms with Crippen LogP contribution in [0.4, 0.5) is 0 Å². The lowest BCUT2D eigenvalue weighted by atomic mass is 9.89. The van der Waals surface area contributed by atoms with E-state index in [9.17, 15) is 0 Å². The van der Waals surface area contributed by atoms with Crippen LogP contribution in [0.2, 0.25) is 0 Å². The van der Waals surface area contributed by atoms with Crippen molar-refractivity contribution < 1.29 is 0 Å². The Balaban J connectivity index is 2.35. The summed E-state index contributed by atoms with van der Waals surface area (Å²) in [6.07, 6.45) is 4.19. The van der Waals surface area contributed by atoms with Gasteiger partial charge in [-0.3, -0.25) is 0 Å². The molecule has 0 amide bonds. The number of nitrogens with one attached hydrogen (secondary N) is 1. The van der Waals surface area contributed by atoms with Gasteiger partial charge in [-0.1, -0.05) is 41.0 Å². The Bertz CT molecular complexity index is 211. The lowest BCUT2D eigenvalue weighted by Crippen LogP contribution is -2.45. The van der Waals surface area contributed by atoms with Gasteiger partial charge in [0.05, 0.1) is 0 Å². The first kappa shape index (κ1) is 15.0. The minimum Gasteiger partial charge on any atom is -0.314 e. The van der Waals surface area contributed by atoms with Crippen molar-refractivity contribution in [1.82, 2.24) is 10.2 Å². The van der Waals surface area contributed by atoms with Gasteiger partial charge in [0.25, 0.3) is 0 Å². The first-order valence-electron chi connectivity index (χ1n) is 7.38. The molecule has 1 heterocycles. The second kappa shape index (κ2) is 6.75. The van der Waals surface area contributed by atoms with Crippen molar-refractivity contribution in [3.63, 3.8) is 0 Å². The summed E-state index contributed by atoms with van der Waals surface area (Å²) in [5, 5.41) is 3.57. The van der Waals surface area contributed by atoms with Gasteiger partial charge in [-0.15, -0.1) is 0 Å². The minimum atomic E-state index is 0.389. The summed E-state index contributed by atoms with van der Waals surface area (Å²) >= 11 is 0. The van der Waals surface area contributed by atoms with E-state index < -0.39 is 0 Å². The molecule has 1 fully saturated rings. The third-order valence-corrected chi connectivity index (χ3v) is 3.82. The molecule has 1 saturated heterocycles. The topological polar surface area (TPSA) is 15.3 Å². The molecule has 0 aliphatic carbocycles. The number of piperidine rings is 1. The van der Waals surface area contributed by atoms with Crippen LogP contribution >= 0.6 is 0 Å². The number of rotatable bonds is 6. The van der Waals surface area contributed by atoms with Gasteiger partial charge in [-0.05, 0) is 30.7 Å². The third kappa shape index (κ3) is 5.87. The summed E-state index contributed by atoms with van der Waals surface area (Å²) in [5.41, 5.74) is 0.389. The molecule has 0 bridgehead atoms. The summed E-state index contributed by atoms with van der Waals surface area (Å²) in [6, 6.07) is 0.596. The normalized spacial score (nSPS) is 23.3. The maximum Gasteiger partial charge on any atom is 0.00449 e. The predicted octanol–water partition coefficient (Wildman–Crippen LogP) is 3.13. The van der Waals surface area contributed by atoms with Crippen molar-refractivity contribution >= 4 is 0 Å². The molecule has 0 aromatic heterocycles. The molecule has 2 heteroatoms. The van der Waals surface area contributed by atoms with Crippen molar-refractivity contribution in [2.45, 2.75) is 59.9 Å². The van der Waals surface area contributed by atoms with Crippen LogP contribution in [0.1, 0.15) is 53.9 Å². The lowest BCUT2D eigenvalue weighted by Gasteiger charge is -2.38. The summed E-state index contributed by atoms with van der Waals surface area (Å²) in [6.45, 7) is 16.5. The van der Waals surface area contributed by atoms with Crippen LogP contribution in [0.25, 0.3) is 0 Å². The van der Waals surface area contributed by atoms with Gasteiger partial charge in [0, 0.05) is 25.7 Å². The summed E-state index contributed by atoms with van der Waals surface area (Å²) in [7, 11) is 0. The Morgan fingerprint density at radius 1 is 1.35 bits per heavy atom. The quantitative estimate of drug-likeness (QED) is 0.767. The molecule has 1 aliphatic rings. The Hall–Kier alpha value is -0.0800. The molecule has 1 rings (SSSR count). The van der Waals surface area contributed by atoms with E-state index >= 15 is 0 Å². The van der Waals surface area contributed by atoms with Crippen molar-refractivity contribution in [3.05, 3.63) is 0 Å². The molecule has 0 saturated carbocycles. The first-order chi connectivity index (χ1) is 7.93. The molecule has 0 spiro atoms. The zero-order chi connectivity index (χ0) is 12.9. The molecule has 1 aliphatic heterocycles. The molecule has 0 aromatic rings. The molecule has 1 atom stereocenters. The van der Waals surface area contributed by atoms with Gasteiger partial charge in [-0.2, -0.15) is 0 Å². The second-order valence-electron chi connectivity index (χ2n) is 6.85. The highest BCUT2D eigenvalue weighted by Crippen LogP contribution is 2.23. The molecular weight excluding hydrogens is 208 g/mol. The van der Waals surface area contributed by atoms with E-state index in [0.717, 1.165) is 12.5 Å². The molecule has 0 aromatic carbocycles. The molecule has 2 nitrogen and oxygen atoms in total. The zero-order valence-corrected chi connectivity index (χ0v) is 12.6. The molecular formula is C15H32N2. The van der Waals surface area contributed by atoms with Gasteiger partial charge in [-0.25, -0.2) is 0 Å². The highest BCUT2D eigenvalue weighted by Gasteiger charge is 2.25. The lowest BCUT2D eigenvalue weighted by molar-refractivity contribution is 0.116. The maximum atomic E-state index is 3.57. The van der Waals surface area contributed by atoms with Gasteiger partial charge in [0.2, 0.25) is 0 Å². The van der Waals surface area contributed by atoms with E-state index in [2.05, 4.69) is 44.8 Å². The smallest absolute Gasteiger partial charge is 0.00449 e. The van der Waals surface area contributed by atoms with Gasteiger partial charge < -0.3 is 10.2 Å². The predicted molar refractivity (Wildman–Crippen MR) is 76.4 cm³/mol. The molecule has 1 unspecified atom stereocenters. The monoisotopic (exact) mass is 240 g/mol. The van der Waals surface area contributed by atoms with Crippen molar-refractivity contribution in [2.24, 2.45) is 11.3 Å². The Morgan fingerprint density at radius 3 is 2.65 bits per heavy atom. The van der Waals surface area contributed by atoms with Crippen LogP contribution in [0.3, 0.4) is 0 Å². The highest BCUT2D eigenvalue weighted by atomic mass is 15.1. The van der Waals surface area contributed by atoms with Gasteiger partial charge >= 0.3 is 0 Å². The Kier molecular flexibility index (Phi) is 5.94. The number of hydrogen-bond donors (Lipinski definition) is 1. The van der Waals surface area contributed by atoms with E-state index in [4.69, 9.17) is 0 Å². The largest absolute Gasteiger partial charge is 0.314 e. The first-order valence-corrected chi connectivity index (χ1v) is 7.38. The van der Waals surface area contributed by atoms with Crippen LogP contribution in [-0.4, -0.2) is 37.1 Å². The SMILES string of the molecule is CCC1CCCN(CC(C)(C)CNC(C)C)C1. The van der Waals surface area contributed by atoms with E-state index in [1.54, 1.807) is 0 Å². The van der Waals surface area contributed by atoms with E-state index in [1.165, 1.54) is 38.9 Å². The van der Waals surface area contributed by atoms with E-state index in [-0.39, 0.29) is 0 Å². The molecule has 17 heavy (non-hydrogen) atoms. The second-order valence-corrected chi connectivity index (χ2v) is 6.85. The van der Waals surface area contributed by atoms with E-state index in [0.29, 0.717) is 11.5 Å². The van der Waals surface area contributed by atoms with Crippen LogP contribution in [0.15, 0.2) is 0 Å². The fraction of sp³-hybridized carbons (Fsp3) is 1.00. The summed E-state index contributed by atoms with van der Waals surface area (Å²) in [4.78, 5) is 2.68.